The van der Waals surface area contributed by atoms with Crippen LogP contribution in [0.25, 0.3) is 0 Å². The van der Waals surface area contributed by atoms with Crippen molar-refractivity contribution in [1.29, 1.82) is 0 Å². The average Bonchev–Trinajstić information content (AvgIpc) is 2.92. The van der Waals surface area contributed by atoms with E-state index in [1.54, 1.807) is 18.5 Å². The molecular formula is C14H16BrFN4O. The Labute approximate surface area is 130 Å². The summed E-state index contributed by atoms with van der Waals surface area (Å²) in [6.45, 7) is 2.48. The summed E-state index contributed by atoms with van der Waals surface area (Å²) < 4.78 is 14.2. The fraction of sp³-hybridized carbons (Fsp3) is 0.286. The van der Waals surface area contributed by atoms with Crippen LogP contribution in [0.5, 0.6) is 0 Å². The number of nitrogens with one attached hydrogen (secondary N) is 3. The summed E-state index contributed by atoms with van der Waals surface area (Å²) in [6.07, 6.45) is 4.19. The molecule has 0 aliphatic heterocycles. The molecule has 0 saturated heterocycles. The van der Waals surface area contributed by atoms with Crippen molar-refractivity contribution in [1.82, 2.24) is 15.3 Å². The highest BCUT2D eigenvalue weighted by atomic mass is 79.9. The highest BCUT2D eigenvalue weighted by molar-refractivity contribution is 9.10. The smallest absolute Gasteiger partial charge is 0.319 e. The number of imidazole rings is 1. The molecule has 2 amide bonds. The summed E-state index contributed by atoms with van der Waals surface area (Å²) in [5.41, 5.74) is 0.148. The molecule has 1 unspecified atom stereocenters. The average molecular weight is 355 g/mol. The lowest BCUT2D eigenvalue weighted by Gasteiger charge is -2.12. The maximum Gasteiger partial charge on any atom is 0.319 e. The Balaban J connectivity index is 1.79. The number of hydrogen-bond acceptors (Lipinski definition) is 2. The first-order valence-corrected chi connectivity index (χ1v) is 7.32. The van der Waals surface area contributed by atoms with Gasteiger partial charge >= 0.3 is 6.03 Å². The Morgan fingerprint density at radius 2 is 2.33 bits per heavy atom. The van der Waals surface area contributed by atoms with E-state index in [9.17, 15) is 9.18 Å². The number of anilines is 1. The van der Waals surface area contributed by atoms with Crippen LogP contribution in [0.2, 0.25) is 0 Å². The SMILES string of the molecule is CC(CNC(=O)Nc1ccc(Br)cc1F)Cc1ncc[nH]1. The van der Waals surface area contributed by atoms with Gasteiger partial charge in [-0.25, -0.2) is 14.2 Å². The van der Waals surface area contributed by atoms with Gasteiger partial charge in [-0.2, -0.15) is 0 Å². The van der Waals surface area contributed by atoms with Crippen molar-refractivity contribution in [3.05, 3.63) is 46.7 Å². The quantitative estimate of drug-likeness (QED) is 0.770. The van der Waals surface area contributed by atoms with Crippen LogP contribution in [-0.4, -0.2) is 22.5 Å². The van der Waals surface area contributed by atoms with Crippen LogP contribution in [0.1, 0.15) is 12.7 Å². The van der Waals surface area contributed by atoms with E-state index in [-0.39, 0.29) is 11.6 Å². The third-order valence-electron chi connectivity index (χ3n) is 2.89. The van der Waals surface area contributed by atoms with Crippen LogP contribution in [-0.2, 0) is 6.42 Å². The highest BCUT2D eigenvalue weighted by Crippen LogP contribution is 2.19. The number of rotatable bonds is 5. The Bertz CT molecular complexity index is 603. The Morgan fingerprint density at radius 3 is 3.00 bits per heavy atom. The second-order valence-corrected chi connectivity index (χ2v) is 5.72. The van der Waals surface area contributed by atoms with Crippen LogP contribution in [0, 0.1) is 11.7 Å². The Kier molecular flexibility index (Phi) is 5.32. The molecule has 2 rings (SSSR count). The van der Waals surface area contributed by atoms with E-state index < -0.39 is 11.8 Å². The van der Waals surface area contributed by atoms with Gasteiger partial charge in [0.05, 0.1) is 5.69 Å². The summed E-state index contributed by atoms with van der Waals surface area (Å²) in [4.78, 5) is 18.9. The zero-order valence-electron chi connectivity index (χ0n) is 11.5. The number of benzene rings is 1. The van der Waals surface area contributed by atoms with Crippen molar-refractivity contribution in [2.75, 3.05) is 11.9 Å². The number of halogens is 2. The number of nitrogens with zero attached hydrogens (tertiary/aromatic N) is 1. The molecule has 0 spiro atoms. The first-order valence-electron chi connectivity index (χ1n) is 6.52. The third kappa shape index (κ3) is 4.86. The highest BCUT2D eigenvalue weighted by Gasteiger charge is 2.10. The zero-order valence-corrected chi connectivity index (χ0v) is 13.1. The van der Waals surface area contributed by atoms with E-state index in [0.717, 1.165) is 12.2 Å². The molecule has 0 saturated carbocycles. The second-order valence-electron chi connectivity index (χ2n) is 4.80. The molecule has 2 aromatic rings. The lowest BCUT2D eigenvalue weighted by atomic mass is 10.1. The minimum atomic E-state index is -0.483. The van der Waals surface area contributed by atoms with Gasteiger partial charge in [0.25, 0.3) is 0 Å². The molecule has 0 bridgehead atoms. The Hall–Kier alpha value is -1.89. The molecule has 112 valence electrons. The topological polar surface area (TPSA) is 69.8 Å². The van der Waals surface area contributed by atoms with E-state index in [0.29, 0.717) is 11.0 Å². The minimum Gasteiger partial charge on any atom is -0.349 e. The third-order valence-corrected chi connectivity index (χ3v) is 3.38. The summed E-state index contributed by atoms with van der Waals surface area (Å²) >= 11 is 3.16. The van der Waals surface area contributed by atoms with Gasteiger partial charge in [0.1, 0.15) is 11.6 Å². The van der Waals surface area contributed by atoms with E-state index in [1.165, 1.54) is 12.1 Å². The van der Waals surface area contributed by atoms with E-state index in [1.807, 2.05) is 6.92 Å². The molecular weight excluding hydrogens is 339 g/mol. The molecule has 1 atom stereocenters. The van der Waals surface area contributed by atoms with Crippen LogP contribution in [0.4, 0.5) is 14.9 Å². The monoisotopic (exact) mass is 354 g/mol. The molecule has 5 nitrogen and oxygen atoms in total. The largest absolute Gasteiger partial charge is 0.349 e. The predicted molar refractivity (Wildman–Crippen MR) is 82.6 cm³/mol. The minimum absolute atomic E-state index is 0.148. The normalized spacial score (nSPS) is 12.0. The van der Waals surface area contributed by atoms with Crippen LogP contribution >= 0.6 is 15.9 Å². The zero-order chi connectivity index (χ0) is 15.2. The van der Waals surface area contributed by atoms with Crippen molar-refractivity contribution in [2.45, 2.75) is 13.3 Å². The van der Waals surface area contributed by atoms with Crippen molar-refractivity contribution < 1.29 is 9.18 Å². The number of hydrogen-bond donors (Lipinski definition) is 3. The van der Waals surface area contributed by atoms with Gasteiger partial charge in [-0.05, 0) is 24.1 Å². The maximum atomic E-state index is 13.6. The number of amides is 2. The summed E-state index contributed by atoms with van der Waals surface area (Å²) in [5.74, 6) is 0.614. The molecule has 0 fully saturated rings. The molecule has 0 aliphatic rings. The Morgan fingerprint density at radius 1 is 1.52 bits per heavy atom. The summed E-state index contributed by atoms with van der Waals surface area (Å²) in [5, 5.41) is 5.20. The van der Waals surface area contributed by atoms with Gasteiger partial charge in [0.15, 0.2) is 0 Å². The van der Waals surface area contributed by atoms with Gasteiger partial charge in [-0.3, -0.25) is 0 Å². The van der Waals surface area contributed by atoms with Gasteiger partial charge in [0.2, 0.25) is 0 Å². The van der Waals surface area contributed by atoms with Crippen molar-refractivity contribution >= 4 is 27.6 Å². The summed E-state index contributed by atoms with van der Waals surface area (Å²) in [7, 11) is 0. The van der Waals surface area contributed by atoms with Crippen molar-refractivity contribution in [3.8, 4) is 0 Å². The molecule has 1 aromatic heterocycles. The first kappa shape index (κ1) is 15.5. The van der Waals surface area contributed by atoms with Crippen molar-refractivity contribution in [3.63, 3.8) is 0 Å². The molecule has 1 heterocycles. The fourth-order valence-corrected chi connectivity index (χ4v) is 2.17. The number of aromatic amines is 1. The molecule has 1 aromatic carbocycles. The van der Waals surface area contributed by atoms with E-state index >= 15 is 0 Å². The number of aromatic nitrogens is 2. The molecule has 7 heteroatoms. The lowest BCUT2D eigenvalue weighted by Crippen LogP contribution is -2.33. The second kappa shape index (κ2) is 7.21. The fourth-order valence-electron chi connectivity index (χ4n) is 1.84. The van der Waals surface area contributed by atoms with Gasteiger partial charge in [0, 0.05) is 29.8 Å². The van der Waals surface area contributed by atoms with Crippen LogP contribution < -0.4 is 10.6 Å². The number of carbonyl (C=O) groups is 1. The standard InChI is InChI=1S/C14H16BrFN4O/c1-9(6-13-17-4-5-18-13)8-19-14(21)20-12-3-2-10(15)7-11(12)16/h2-5,7,9H,6,8H2,1H3,(H,17,18)(H2,19,20,21). The van der Waals surface area contributed by atoms with Crippen molar-refractivity contribution in [2.24, 2.45) is 5.92 Å². The van der Waals surface area contributed by atoms with Gasteiger partial charge in [-0.15, -0.1) is 0 Å². The maximum absolute atomic E-state index is 13.6. The predicted octanol–water partition coefficient (Wildman–Crippen LogP) is 3.31. The number of urea groups is 1. The molecule has 3 N–H and O–H groups in total. The van der Waals surface area contributed by atoms with Gasteiger partial charge in [-0.1, -0.05) is 22.9 Å². The lowest BCUT2D eigenvalue weighted by molar-refractivity contribution is 0.250. The van der Waals surface area contributed by atoms with E-state index in [4.69, 9.17) is 0 Å². The van der Waals surface area contributed by atoms with Gasteiger partial charge < -0.3 is 15.6 Å². The molecule has 21 heavy (non-hydrogen) atoms. The molecule has 0 radical (unpaired) electrons. The first-order chi connectivity index (χ1) is 10.0. The van der Waals surface area contributed by atoms with Crippen LogP contribution in [0.15, 0.2) is 35.1 Å². The van der Waals surface area contributed by atoms with Crippen LogP contribution in [0.3, 0.4) is 0 Å². The number of carbonyl (C=O) groups excluding carboxylic acids is 1. The van der Waals surface area contributed by atoms with E-state index in [2.05, 4.69) is 36.5 Å². The molecule has 0 aliphatic carbocycles. The number of H-pyrrole nitrogens is 1. The summed E-state index contributed by atoms with van der Waals surface area (Å²) in [6, 6.07) is 4.04.